The van der Waals surface area contributed by atoms with E-state index in [9.17, 15) is 9.35 Å². The smallest absolute Gasteiger partial charge is 0.257 e. The van der Waals surface area contributed by atoms with E-state index in [2.05, 4.69) is 31.0 Å². The number of rotatable bonds is 7. The molecule has 30 heavy (non-hydrogen) atoms. The second kappa shape index (κ2) is 9.97. The Morgan fingerprint density at radius 3 is 2.50 bits per heavy atom. The van der Waals surface area contributed by atoms with Crippen LogP contribution in [0, 0.1) is 0 Å². The summed E-state index contributed by atoms with van der Waals surface area (Å²) in [6.45, 7) is 4.04. The SMILES string of the molecule is COc1ccc(NC(=O)c2cnccc2C(C)C)cc1[S+]([O-])Nc1ccc(Br)cc1. The van der Waals surface area contributed by atoms with E-state index in [0.29, 0.717) is 27.6 Å². The summed E-state index contributed by atoms with van der Waals surface area (Å²) in [6, 6.07) is 14.2. The molecule has 1 aromatic heterocycles. The highest BCUT2D eigenvalue weighted by Crippen LogP contribution is 2.30. The lowest BCUT2D eigenvalue weighted by Gasteiger charge is -2.16. The molecule has 2 aromatic carbocycles. The summed E-state index contributed by atoms with van der Waals surface area (Å²) >= 11 is 1.79. The van der Waals surface area contributed by atoms with Crippen molar-refractivity contribution < 1.29 is 14.1 Å². The molecule has 0 radical (unpaired) electrons. The standard InChI is InChI=1S/C22H22BrN3O3S/c1-14(2)18-10-11-24-13-19(18)22(27)25-17-8-9-20(29-3)21(12-17)30(28)26-16-6-4-15(23)5-7-16/h4-14,26H,1-3H3,(H,25,27). The van der Waals surface area contributed by atoms with E-state index < -0.39 is 11.4 Å². The van der Waals surface area contributed by atoms with Crippen LogP contribution in [0.1, 0.15) is 35.7 Å². The average Bonchev–Trinajstić information content (AvgIpc) is 2.75. The lowest BCUT2D eigenvalue weighted by Crippen LogP contribution is -2.17. The van der Waals surface area contributed by atoms with Crippen molar-refractivity contribution >= 4 is 44.6 Å². The molecule has 0 aliphatic carbocycles. The van der Waals surface area contributed by atoms with E-state index in [-0.39, 0.29) is 11.8 Å². The number of pyridine rings is 1. The number of methoxy groups -OCH3 is 1. The Morgan fingerprint density at radius 2 is 1.83 bits per heavy atom. The van der Waals surface area contributed by atoms with Gasteiger partial charge < -0.3 is 14.6 Å². The molecule has 1 atom stereocenters. The molecule has 3 aromatic rings. The maximum absolute atomic E-state index is 12.9. The quantitative estimate of drug-likeness (QED) is 0.437. The summed E-state index contributed by atoms with van der Waals surface area (Å²) in [6.07, 6.45) is 3.23. The highest BCUT2D eigenvalue weighted by Gasteiger charge is 2.21. The molecule has 6 nitrogen and oxygen atoms in total. The number of nitrogens with zero attached hydrogens (tertiary/aromatic N) is 1. The highest BCUT2D eigenvalue weighted by molar-refractivity contribution is 9.10. The van der Waals surface area contributed by atoms with Gasteiger partial charge in [0.2, 0.25) is 4.90 Å². The van der Waals surface area contributed by atoms with Gasteiger partial charge in [-0.05, 0) is 53.9 Å². The van der Waals surface area contributed by atoms with Crippen molar-refractivity contribution in [2.24, 2.45) is 0 Å². The van der Waals surface area contributed by atoms with Crippen molar-refractivity contribution in [1.29, 1.82) is 0 Å². The summed E-state index contributed by atoms with van der Waals surface area (Å²) in [5.74, 6) is 0.373. The third-order valence-corrected chi connectivity index (χ3v) is 6.07. The van der Waals surface area contributed by atoms with Crippen LogP contribution >= 0.6 is 15.9 Å². The number of anilines is 2. The number of hydrogen-bond acceptors (Lipinski definition) is 5. The summed E-state index contributed by atoms with van der Waals surface area (Å²) in [5.41, 5.74) is 2.64. The number of carbonyl (C=O) groups is 1. The van der Waals surface area contributed by atoms with Crippen LogP contribution in [0.2, 0.25) is 0 Å². The van der Waals surface area contributed by atoms with Crippen molar-refractivity contribution in [2.45, 2.75) is 24.7 Å². The van der Waals surface area contributed by atoms with Crippen molar-refractivity contribution in [1.82, 2.24) is 4.98 Å². The minimum atomic E-state index is -1.59. The minimum absolute atomic E-state index is 0.183. The molecular weight excluding hydrogens is 466 g/mol. The second-order valence-corrected chi connectivity index (χ2v) is 8.91. The molecule has 0 aliphatic rings. The van der Waals surface area contributed by atoms with Crippen LogP contribution in [-0.4, -0.2) is 22.6 Å². The van der Waals surface area contributed by atoms with Crippen LogP contribution in [0.25, 0.3) is 0 Å². The van der Waals surface area contributed by atoms with Gasteiger partial charge in [-0.15, -0.1) is 0 Å². The van der Waals surface area contributed by atoms with Crippen LogP contribution in [0.5, 0.6) is 5.75 Å². The molecule has 1 unspecified atom stereocenters. The van der Waals surface area contributed by atoms with Crippen LogP contribution in [-0.2, 0) is 11.4 Å². The molecule has 0 fully saturated rings. The molecule has 0 bridgehead atoms. The monoisotopic (exact) mass is 487 g/mol. The fourth-order valence-electron chi connectivity index (χ4n) is 2.88. The molecule has 0 spiro atoms. The number of amides is 1. The third-order valence-electron chi connectivity index (χ3n) is 4.40. The van der Waals surface area contributed by atoms with Gasteiger partial charge in [0, 0.05) is 28.6 Å². The first-order valence-electron chi connectivity index (χ1n) is 9.26. The van der Waals surface area contributed by atoms with E-state index in [0.717, 1.165) is 10.0 Å². The lowest BCUT2D eigenvalue weighted by molar-refractivity contribution is 0.102. The first-order valence-corrected chi connectivity index (χ1v) is 11.2. The van der Waals surface area contributed by atoms with Crippen LogP contribution in [0.3, 0.4) is 0 Å². The number of carbonyl (C=O) groups excluding carboxylic acids is 1. The Hall–Kier alpha value is -2.55. The fourth-order valence-corrected chi connectivity index (χ4v) is 4.17. The zero-order valence-corrected chi connectivity index (χ0v) is 19.2. The molecular formula is C22H22BrN3O3S. The Balaban J connectivity index is 1.83. The molecule has 8 heteroatoms. The summed E-state index contributed by atoms with van der Waals surface area (Å²) in [5, 5.41) is 2.87. The zero-order valence-electron chi connectivity index (χ0n) is 16.8. The number of halogens is 1. The van der Waals surface area contributed by atoms with Gasteiger partial charge >= 0.3 is 0 Å². The lowest BCUT2D eigenvalue weighted by atomic mass is 9.99. The van der Waals surface area contributed by atoms with E-state index >= 15 is 0 Å². The van der Waals surface area contributed by atoms with Crippen molar-refractivity contribution in [3.05, 3.63) is 76.5 Å². The molecule has 156 valence electrons. The number of aromatic nitrogens is 1. The van der Waals surface area contributed by atoms with Gasteiger partial charge in [-0.2, -0.15) is 0 Å². The number of ether oxygens (including phenoxy) is 1. The van der Waals surface area contributed by atoms with Crippen LogP contribution in [0.15, 0.2) is 70.3 Å². The Bertz CT molecular complexity index is 1030. The maximum atomic E-state index is 12.9. The first kappa shape index (κ1) is 22.1. The molecule has 0 saturated heterocycles. The minimum Gasteiger partial charge on any atom is -0.588 e. The van der Waals surface area contributed by atoms with Gasteiger partial charge in [-0.1, -0.05) is 29.8 Å². The number of nitrogens with one attached hydrogen (secondary N) is 2. The first-order chi connectivity index (χ1) is 14.4. The van der Waals surface area contributed by atoms with Crippen molar-refractivity contribution in [3.63, 3.8) is 0 Å². The average molecular weight is 488 g/mol. The Morgan fingerprint density at radius 1 is 1.13 bits per heavy atom. The predicted octanol–water partition coefficient (Wildman–Crippen LogP) is 5.36. The number of benzene rings is 2. The van der Waals surface area contributed by atoms with Crippen molar-refractivity contribution in [2.75, 3.05) is 17.1 Å². The summed E-state index contributed by atoms with van der Waals surface area (Å²) in [4.78, 5) is 17.3. The van der Waals surface area contributed by atoms with Gasteiger partial charge in [0.25, 0.3) is 5.91 Å². The topological polar surface area (TPSA) is 86.3 Å². The van der Waals surface area contributed by atoms with E-state index in [1.165, 1.54) is 7.11 Å². The van der Waals surface area contributed by atoms with Gasteiger partial charge in [0.1, 0.15) is 11.4 Å². The number of hydrogen-bond donors (Lipinski definition) is 2. The van der Waals surface area contributed by atoms with Crippen LogP contribution in [0.4, 0.5) is 11.4 Å². The zero-order chi connectivity index (χ0) is 21.7. The largest absolute Gasteiger partial charge is 0.588 e. The Labute approximate surface area is 187 Å². The normalized spacial score (nSPS) is 11.8. The van der Waals surface area contributed by atoms with Gasteiger partial charge in [0.05, 0.1) is 18.4 Å². The predicted molar refractivity (Wildman–Crippen MR) is 123 cm³/mol. The molecule has 2 N–H and O–H groups in total. The van der Waals surface area contributed by atoms with Crippen LogP contribution < -0.4 is 14.8 Å². The Kier molecular flexibility index (Phi) is 7.36. The third kappa shape index (κ3) is 5.33. The van der Waals surface area contributed by atoms with Crippen molar-refractivity contribution in [3.8, 4) is 5.75 Å². The van der Waals surface area contributed by atoms with Gasteiger partial charge in [0.15, 0.2) is 5.75 Å². The fraction of sp³-hybridized carbons (Fsp3) is 0.182. The second-order valence-electron chi connectivity index (χ2n) is 6.82. The van der Waals surface area contributed by atoms with Gasteiger partial charge in [-0.25, -0.2) is 4.72 Å². The maximum Gasteiger partial charge on any atom is 0.257 e. The summed E-state index contributed by atoms with van der Waals surface area (Å²) in [7, 11) is 1.51. The van der Waals surface area contributed by atoms with E-state index in [1.54, 1.807) is 30.6 Å². The van der Waals surface area contributed by atoms with E-state index in [1.807, 2.05) is 44.2 Å². The highest BCUT2D eigenvalue weighted by atomic mass is 79.9. The van der Waals surface area contributed by atoms with Gasteiger partial charge in [-0.3, -0.25) is 9.78 Å². The molecule has 1 heterocycles. The molecule has 0 saturated carbocycles. The molecule has 0 aliphatic heterocycles. The summed E-state index contributed by atoms with van der Waals surface area (Å²) < 4.78 is 22.1. The van der Waals surface area contributed by atoms with E-state index in [4.69, 9.17) is 4.74 Å². The molecule has 3 rings (SSSR count). The molecule has 1 amide bonds.